The summed E-state index contributed by atoms with van der Waals surface area (Å²) in [5, 5.41) is 10.5. The molecular weight excluding hydrogens is 364 g/mol. The van der Waals surface area contributed by atoms with Gasteiger partial charge >= 0.3 is 12.3 Å². The van der Waals surface area contributed by atoms with Crippen LogP contribution in [0.25, 0.3) is 0 Å². The van der Waals surface area contributed by atoms with E-state index in [0.717, 1.165) is 4.88 Å². The summed E-state index contributed by atoms with van der Waals surface area (Å²) in [7, 11) is 0. The Balaban J connectivity index is 1.93. The van der Waals surface area contributed by atoms with Gasteiger partial charge in [0.15, 0.2) is 0 Å². The minimum Gasteiger partial charge on any atom is -0.204 e. The van der Waals surface area contributed by atoms with Crippen LogP contribution in [0.1, 0.15) is 28.9 Å². The van der Waals surface area contributed by atoms with E-state index >= 15 is 0 Å². The predicted molar refractivity (Wildman–Crippen MR) is 85.2 cm³/mol. The SMILES string of the molecule is FC(F)C(F)(F)CC1C(c2ccc(Cl)cc2)N=NC1c1cccs1. The molecule has 0 saturated carbocycles. The molecule has 2 aromatic rings. The standard InChI is InChI=1S/C16H13ClF4N2S/c17-10-5-3-9(4-6-10)13-11(8-16(20,21)15(18)19)14(23-22-13)12-2-1-7-24-12/h1-7,11,13-15H,8H2. The monoisotopic (exact) mass is 376 g/mol. The average Bonchev–Trinajstić information content (AvgIpc) is 3.17. The Morgan fingerprint density at radius 2 is 1.75 bits per heavy atom. The van der Waals surface area contributed by atoms with Gasteiger partial charge < -0.3 is 0 Å². The molecule has 0 fully saturated rings. The summed E-state index contributed by atoms with van der Waals surface area (Å²) in [4.78, 5) is 0.741. The van der Waals surface area contributed by atoms with E-state index in [4.69, 9.17) is 11.6 Å². The van der Waals surface area contributed by atoms with Crippen molar-refractivity contribution >= 4 is 22.9 Å². The van der Waals surface area contributed by atoms with E-state index in [1.54, 1.807) is 41.8 Å². The number of thiophene rings is 1. The molecule has 0 aliphatic carbocycles. The second-order valence-corrected chi connectivity index (χ2v) is 7.03. The molecule has 2 nitrogen and oxygen atoms in total. The predicted octanol–water partition coefficient (Wildman–Crippen LogP) is 6.56. The van der Waals surface area contributed by atoms with Crippen molar-refractivity contribution in [2.75, 3.05) is 0 Å². The van der Waals surface area contributed by atoms with E-state index in [1.807, 2.05) is 0 Å². The van der Waals surface area contributed by atoms with Gasteiger partial charge in [0.2, 0.25) is 0 Å². The van der Waals surface area contributed by atoms with Crippen LogP contribution in [0.15, 0.2) is 52.0 Å². The van der Waals surface area contributed by atoms with Gasteiger partial charge in [-0.3, -0.25) is 0 Å². The number of nitrogens with zero attached hydrogens (tertiary/aromatic N) is 2. The van der Waals surface area contributed by atoms with Gasteiger partial charge in [-0.1, -0.05) is 29.8 Å². The summed E-state index contributed by atoms with van der Waals surface area (Å²) in [6.07, 6.45) is -4.69. The van der Waals surface area contributed by atoms with Crippen molar-refractivity contribution in [3.63, 3.8) is 0 Å². The zero-order chi connectivity index (χ0) is 17.3. The van der Waals surface area contributed by atoms with Gasteiger partial charge in [0.05, 0.1) is 0 Å². The van der Waals surface area contributed by atoms with Crippen LogP contribution in [0.5, 0.6) is 0 Å². The second-order valence-electron chi connectivity index (χ2n) is 5.62. The molecule has 1 aliphatic rings. The van der Waals surface area contributed by atoms with Crippen molar-refractivity contribution in [2.24, 2.45) is 16.1 Å². The summed E-state index contributed by atoms with van der Waals surface area (Å²) >= 11 is 7.19. The summed E-state index contributed by atoms with van der Waals surface area (Å²) < 4.78 is 52.8. The van der Waals surface area contributed by atoms with Crippen LogP contribution in [0.4, 0.5) is 17.6 Å². The first-order valence-corrected chi connectivity index (χ1v) is 8.49. The molecule has 3 atom stereocenters. The minimum atomic E-state index is -4.08. The third-order valence-electron chi connectivity index (χ3n) is 4.00. The van der Waals surface area contributed by atoms with Crippen LogP contribution in [0, 0.1) is 5.92 Å². The van der Waals surface area contributed by atoms with Crippen LogP contribution in [0.2, 0.25) is 5.02 Å². The summed E-state index contributed by atoms with van der Waals surface area (Å²) in [5.41, 5.74) is 0.636. The first-order chi connectivity index (χ1) is 11.4. The van der Waals surface area contributed by atoms with Gasteiger partial charge in [-0.15, -0.1) is 11.3 Å². The molecular formula is C16H13ClF4N2S. The molecule has 128 valence electrons. The van der Waals surface area contributed by atoms with E-state index in [0.29, 0.717) is 10.6 Å². The Labute approximate surface area is 145 Å². The molecule has 0 bridgehead atoms. The molecule has 3 rings (SSSR count). The Kier molecular flexibility index (Phi) is 4.92. The highest BCUT2D eigenvalue weighted by molar-refractivity contribution is 7.10. The Bertz CT molecular complexity index is 703. The number of rotatable bonds is 5. The molecule has 24 heavy (non-hydrogen) atoms. The Morgan fingerprint density at radius 3 is 2.33 bits per heavy atom. The lowest BCUT2D eigenvalue weighted by Crippen LogP contribution is -2.32. The van der Waals surface area contributed by atoms with Crippen molar-refractivity contribution in [3.8, 4) is 0 Å². The Hall–Kier alpha value is -1.47. The van der Waals surface area contributed by atoms with Crippen LogP contribution < -0.4 is 0 Å². The van der Waals surface area contributed by atoms with Gasteiger partial charge in [0.25, 0.3) is 0 Å². The fraction of sp³-hybridized carbons (Fsp3) is 0.375. The fourth-order valence-corrected chi connectivity index (χ4v) is 3.77. The quantitative estimate of drug-likeness (QED) is 0.528. The second kappa shape index (κ2) is 6.80. The molecule has 1 aromatic heterocycles. The van der Waals surface area contributed by atoms with Crippen molar-refractivity contribution < 1.29 is 17.6 Å². The maximum absolute atomic E-state index is 13.7. The summed E-state index contributed by atoms with van der Waals surface area (Å²) in [6, 6.07) is 8.75. The van der Waals surface area contributed by atoms with Crippen LogP contribution in [0.3, 0.4) is 0 Å². The number of alkyl halides is 4. The number of hydrogen-bond acceptors (Lipinski definition) is 3. The average molecular weight is 377 g/mol. The maximum Gasteiger partial charge on any atom is 0.307 e. The highest BCUT2D eigenvalue weighted by Crippen LogP contribution is 2.50. The molecule has 2 heterocycles. The van der Waals surface area contributed by atoms with Gasteiger partial charge in [-0.05, 0) is 29.1 Å². The lowest BCUT2D eigenvalue weighted by atomic mass is 9.84. The lowest BCUT2D eigenvalue weighted by Gasteiger charge is -2.26. The molecule has 0 saturated heterocycles. The number of halogens is 5. The summed E-state index contributed by atoms with van der Waals surface area (Å²) in [6.45, 7) is 0. The lowest BCUT2D eigenvalue weighted by molar-refractivity contribution is -0.142. The van der Waals surface area contributed by atoms with Crippen molar-refractivity contribution in [2.45, 2.75) is 30.9 Å². The van der Waals surface area contributed by atoms with E-state index in [-0.39, 0.29) is 0 Å². The van der Waals surface area contributed by atoms with E-state index < -0.39 is 36.8 Å². The van der Waals surface area contributed by atoms with E-state index in [9.17, 15) is 17.6 Å². The normalized spacial score (nSPS) is 24.0. The zero-order valence-corrected chi connectivity index (χ0v) is 13.8. The van der Waals surface area contributed by atoms with Crippen LogP contribution in [-0.2, 0) is 0 Å². The summed E-state index contributed by atoms with van der Waals surface area (Å²) in [5.74, 6) is -4.92. The molecule has 8 heteroatoms. The molecule has 3 unspecified atom stereocenters. The van der Waals surface area contributed by atoms with Gasteiger partial charge in [-0.2, -0.15) is 10.2 Å². The maximum atomic E-state index is 13.7. The molecule has 0 spiro atoms. The minimum absolute atomic E-state index is 0.498. The topological polar surface area (TPSA) is 24.7 Å². The number of azo groups is 1. The highest BCUT2D eigenvalue weighted by Gasteiger charge is 2.49. The smallest absolute Gasteiger partial charge is 0.204 e. The highest BCUT2D eigenvalue weighted by atomic mass is 35.5. The Morgan fingerprint density at radius 1 is 1.08 bits per heavy atom. The van der Waals surface area contributed by atoms with Gasteiger partial charge in [0, 0.05) is 22.2 Å². The first kappa shape index (κ1) is 17.4. The van der Waals surface area contributed by atoms with Crippen LogP contribution >= 0.6 is 22.9 Å². The van der Waals surface area contributed by atoms with Crippen molar-refractivity contribution in [1.29, 1.82) is 0 Å². The molecule has 0 radical (unpaired) electrons. The third kappa shape index (κ3) is 3.47. The largest absolute Gasteiger partial charge is 0.307 e. The zero-order valence-electron chi connectivity index (χ0n) is 12.3. The fourth-order valence-electron chi connectivity index (χ4n) is 2.82. The van der Waals surface area contributed by atoms with Gasteiger partial charge in [0.1, 0.15) is 12.1 Å². The number of hydrogen-bond donors (Lipinski definition) is 0. The van der Waals surface area contributed by atoms with Crippen molar-refractivity contribution in [1.82, 2.24) is 0 Å². The van der Waals surface area contributed by atoms with Gasteiger partial charge in [-0.25, -0.2) is 17.6 Å². The molecule has 0 N–H and O–H groups in total. The third-order valence-corrected chi connectivity index (χ3v) is 5.19. The first-order valence-electron chi connectivity index (χ1n) is 7.23. The van der Waals surface area contributed by atoms with E-state index in [1.165, 1.54) is 11.3 Å². The van der Waals surface area contributed by atoms with Crippen molar-refractivity contribution in [3.05, 3.63) is 57.2 Å². The van der Waals surface area contributed by atoms with E-state index in [2.05, 4.69) is 10.2 Å². The molecule has 0 amide bonds. The number of benzene rings is 1. The molecule has 1 aromatic carbocycles. The van der Waals surface area contributed by atoms with Crippen LogP contribution in [-0.4, -0.2) is 12.3 Å². The molecule has 1 aliphatic heterocycles.